The average Bonchev–Trinajstić information content (AvgIpc) is 2.04. The van der Waals surface area contributed by atoms with Gasteiger partial charge in [0.15, 0.2) is 0 Å². The van der Waals surface area contributed by atoms with Gasteiger partial charge in [-0.1, -0.05) is 17.7 Å². The number of rotatable bonds is 2. The summed E-state index contributed by atoms with van der Waals surface area (Å²) in [7, 11) is 0. The molecule has 0 fully saturated rings. The van der Waals surface area contributed by atoms with Crippen LogP contribution in [-0.2, 0) is 12.6 Å². The van der Waals surface area contributed by atoms with Gasteiger partial charge in [0.25, 0.3) is 0 Å². The summed E-state index contributed by atoms with van der Waals surface area (Å²) in [6.07, 6.45) is -4.52. The third-order valence-corrected chi connectivity index (χ3v) is 2.24. The van der Waals surface area contributed by atoms with Crippen LogP contribution in [0.4, 0.5) is 13.2 Å². The van der Waals surface area contributed by atoms with E-state index in [4.69, 9.17) is 11.6 Å². The van der Waals surface area contributed by atoms with Gasteiger partial charge < -0.3 is 5.11 Å². The number of benzene rings is 1. The summed E-state index contributed by atoms with van der Waals surface area (Å²) in [5, 5.41) is 9.56. The lowest BCUT2D eigenvalue weighted by Gasteiger charge is -2.20. The van der Waals surface area contributed by atoms with Crippen molar-refractivity contribution in [3.8, 4) is 0 Å². The van der Waals surface area contributed by atoms with Gasteiger partial charge >= 0.3 is 6.18 Å². The van der Waals surface area contributed by atoms with E-state index < -0.39 is 17.3 Å². The number of alkyl halides is 3. The summed E-state index contributed by atoms with van der Waals surface area (Å²) in [6, 6.07) is 3.56. The molecule has 0 spiro atoms. The van der Waals surface area contributed by atoms with Gasteiger partial charge in [0.2, 0.25) is 0 Å². The third-order valence-electron chi connectivity index (χ3n) is 2.00. The number of hydrogen-bond donors (Lipinski definition) is 1. The molecule has 5 heteroatoms. The predicted molar refractivity (Wildman–Crippen MR) is 56.5 cm³/mol. The second-order valence-corrected chi connectivity index (χ2v) is 4.72. The van der Waals surface area contributed by atoms with E-state index in [1.165, 1.54) is 26.0 Å². The van der Waals surface area contributed by atoms with E-state index in [1.807, 2.05) is 0 Å². The maximum Gasteiger partial charge on any atom is 0.416 e. The van der Waals surface area contributed by atoms with Crippen LogP contribution < -0.4 is 0 Å². The van der Waals surface area contributed by atoms with Crippen molar-refractivity contribution in [2.45, 2.75) is 32.0 Å². The van der Waals surface area contributed by atoms with Crippen molar-refractivity contribution in [2.24, 2.45) is 0 Å². The van der Waals surface area contributed by atoms with E-state index >= 15 is 0 Å². The quantitative estimate of drug-likeness (QED) is 0.851. The van der Waals surface area contributed by atoms with E-state index in [9.17, 15) is 18.3 Å². The molecule has 1 aromatic carbocycles. The van der Waals surface area contributed by atoms with Crippen LogP contribution in [-0.4, -0.2) is 10.7 Å². The van der Waals surface area contributed by atoms with Gasteiger partial charge in [-0.25, -0.2) is 0 Å². The van der Waals surface area contributed by atoms with E-state index in [1.54, 1.807) is 0 Å². The predicted octanol–water partition coefficient (Wildman–Crippen LogP) is 3.67. The Bertz CT molecular complexity index is 380. The zero-order chi connectivity index (χ0) is 12.6. The second kappa shape index (κ2) is 4.26. The van der Waals surface area contributed by atoms with Crippen molar-refractivity contribution in [2.75, 3.05) is 0 Å². The van der Waals surface area contributed by atoms with Crippen molar-refractivity contribution in [3.63, 3.8) is 0 Å². The van der Waals surface area contributed by atoms with E-state index in [2.05, 4.69) is 0 Å². The van der Waals surface area contributed by atoms with Crippen LogP contribution in [0.25, 0.3) is 0 Å². The second-order valence-electron chi connectivity index (χ2n) is 4.29. The largest absolute Gasteiger partial charge is 0.416 e. The average molecular weight is 253 g/mol. The van der Waals surface area contributed by atoms with Crippen LogP contribution in [0.2, 0.25) is 5.02 Å². The van der Waals surface area contributed by atoms with Crippen molar-refractivity contribution >= 4 is 11.6 Å². The Morgan fingerprint density at radius 2 is 1.81 bits per heavy atom. The first kappa shape index (κ1) is 13.3. The molecule has 0 bridgehead atoms. The minimum absolute atomic E-state index is 0.0341. The third kappa shape index (κ3) is 3.68. The molecule has 16 heavy (non-hydrogen) atoms. The molecule has 0 aromatic heterocycles. The normalized spacial score (nSPS) is 12.9. The number of aliphatic hydroxyl groups is 1. The standard InChI is InChI=1S/C11H12ClF3O/c1-10(2,16)6-7-3-4-8(12)5-9(7)11(13,14)15/h3-5,16H,6H2,1-2H3. The van der Waals surface area contributed by atoms with Crippen LogP contribution in [0.5, 0.6) is 0 Å². The van der Waals surface area contributed by atoms with Crippen molar-refractivity contribution < 1.29 is 18.3 Å². The zero-order valence-electron chi connectivity index (χ0n) is 8.90. The van der Waals surface area contributed by atoms with Crippen molar-refractivity contribution in [1.29, 1.82) is 0 Å². The molecule has 1 N–H and O–H groups in total. The molecule has 0 saturated heterocycles. The Balaban J connectivity index is 3.19. The van der Waals surface area contributed by atoms with Gasteiger partial charge in [0.1, 0.15) is 0 Å². The monoisotopic (exact) mass is 252 g/mol. The van der Waals surface area contributed by atoms with Gasteiger partial charge in [-0.3, -0.25) is 0 Å². The highest BCUT2D eigenvalue weighted by Crippen LogP contribution is 2.35. The Hall–Kier alpha value is -0.740. The molecule has 0 saturated carbocycles. The Morgan fingerprint density at radius 1 is 1.25 bits per heavy atom. The molecule has 0 aliphatic carbocycles. The first-order chi connectivity index (χ1) is 7.09. The smallest absolute Gasteiger partial charge is 0.390 e. The number of hydrogen-bond acceptors (Lipinski definition) is 1. The maximum atomic E-state index is 12.7. The maximum absolute atomic E-state index is 12.7. The summed E-state index contributed by atoms with van der Waals surface area (Å²) in [6.45, 7) is 2.92. The highest BCUT2D eigenvalue weighted by molar-refractivity contribution is 6.30. The summed E-state index contributed by atoms with van der Waals surface area (Å²) >= 11 is 5.53. The molecular formula is C11H12ClF3O. The molecule has 1 nitrogen and oxygen atoms in total. The molecule has 0 aliphatic rings. The van der Waals surface area contributed by atoms with Gasteiger partial charge in [0, 0.05) is 11.4 Å². The van der Waals surface area contributed by atoms with Gasteiger partial charge in [-0.15, -0.1) is 0 Å². The van der Waals surface area contributed by atoms with Crippen LogP contribution in [0.1, 0.15) is 25.0 Å². The fourth-order valence-electron chi connectivity index (χ4n) is 1.43. The van der Waals surface area contributed by atoms with E-state index in [0.717, 1.165) is 6.07 Å². The lowest BCUT2D eigenvalue weighted by Crippen LogP contribution is -2.24. The van der Waals surface area contributed by atoms with Gasteiger partial charge in [-0.2, -0.15) is 13.2 Å². The Morgan fingerprint density at radius 3 is 2.25 bits per heavy atom. The molecule has 90 valence electrons. The van der Waals surface area contributed by atoms with Crippen molar-refractivity contribution in [3.05, 3.63) is 34.3 Å². The highest BCUT2D eigenvalue weighted by Gasteiger charge is 2.34. The molecule has 0 aliphatic heterocycles. The summed E-state index contributed by atoms with van der Waals surface area (Å²) in [4.78, 5) is 0. The first-order valence-electron chi connectivity index (χ1n) is 4.67. The van der Waals surface area contributed by atoms with E-state index in [0.29, 0.717) is 0 Å². The minimum Gasteiger partial charge on any atom is -0.390 e. The molecule has 1 aromatic rings. The van der Waals surface area contributed by atoms with E-state index in [-0.39, 0.29) is 17.0 Å². The van der Waals surface area contributed by atoms with Gasteiger partial charge in [-0.05, 0) is 31.5 Å². The van der Waals surface area contributed by atoms with Gasteiger partial charge in [0.05, 0.1) is 11.2 Å². The topological polar surface area (TPSA) is 20.2 Å². The molecule has 1 rings (SSSR count). The molecule has 0 atom stereocenters. The lowest BCUT2D eigenvalue weighted by molar-refractivity contribution is -0.138. The molecule has 0 amide bonds. The lowest BCUT2D eigenvalue weighted by atomic mass is 9.94. The summed E-state index contributed by atoms with van der Waals surface area (Å²) in [5.74, 6) is 0. The van der Waals surface area contributed by atoms with Crippen molar-refractivity contribution in [1.82, 2.24) is 0 Å². The van der Waals surface area contributed by atoms with Crippen LogP contribution in [0, 0.1) is 0 Å². The molecular weight excluding hydrogens is 241 g/mol. The fraction of sp³-hybridized carbons (Fsp3) is 0.455. The Kier molecular flexibility index (Phi) is 3.55. The highest BCUT2D eigenvalue weighted by atomic mass is 35.5. The summed E-state index contributed by atoms with van der Waals surface area (Å²) < 4.78 is 38.0. The van der Waals surface area contributed by atoms with Crippen LogP contribution in [0.3, 0.4) is 0 Å². The number of halogens is 4. The molecule has 0 unspecified atom stereocenters. The molecule has 0 heterocycles. The van der Waals surface area contributed by atoms with Crippen LogP contribution >= 0.6 is 11.6 Å². The minimum atomic E-state index is -4.45. The Labute approximate surface area is 96.9 Å². The fourth-order valence-corrected chi connectivity index (χ4v) is 1.60. The first-order valence-corrected chi connectivity index (χ1v) is 5.05. The SMILES string of the molecule is CC(C)(O)Cc1ccc(Cl)cc1C(F)(F)F. The zero-order valence-corrected chi connectivity index (χ0v) is 9.65. The molecule has 0 radical (unpaired) electrons. The summed E-state index contributed by atoms with van der Waals surface area (Å²) in [5.41, 5.74) is -1.93. The van der Waals surface area contributed by atoms with Crippen LogP contribution in [0.15, 0.2) is 18.2 Å².